The monoisotopic (exact) mass is 553 g/mol. The van der Waals surface area contributed by atoms with Gasteiger partial charge in [-0.3, -0.25) is 19.4 Å². The normalized spacial score (nSPS) is 11.7. The van der Waals surface area contributed by atoms with Gasteiger partial charge in [0.15, 0.2) is 5.78 Å². The minimum absolute atomic E-state index is 0.0680. The van der Waals surface area contributed by atoms with Gasteiger partial charge in [0.1, 0.15) is 6.04 Å². The third kappa shape index (κ3) is 5.32. The van der Waals surface area contributed by atoms with Crippen LogP contribution in [-0.4, -0.2) is 38.5 Å². The summed E-state index contributed by atoms with van der Waals surface area (Å²) in [6.07, 6.45) is 1.70. The average Bonchev–Trinajstić information content (AvgIpc) is 2.96. The number of rotatable bonds is 7. The van der Waals surface area contributed by atoms with E-state index in [1.165, 1.54) is 20.1 Å². The summed E-state index contributed by atoms with van der Waals surface area (Å²) in [6, 6.07) is 19.9. The van der Waals surface area contributed by atoms with Crippen molar-refractivity contribution >= 4 is 40.0 Å². The van der Waals surface area contributed by atoms with Gasteiger partial charge in [0.05, 0.1) is 35.6 Å². The van der Waals surface area contributed by atoms with Gasteiger partial charge in [0.25, 0.3) is 5.56 Å². The second-order valence-corrected chi connectivity index (χ2v) is 9.52. The molecule has 0 radical (unpaired) electrons. The quantitative estimate of drug-likeness (QED) is 0.261. The molecule has 40 heavy (non-hydrogen) atoms. The van der Waals surface area contributed by atoms with E-state index in [-0.39, 0.29) is 11.7 Å². The van der Waals surface area contributed by atoms with Gasteiger partial charge in [-0.15, -0.1) is 5.10 Å². The van der Waals surface area contributed by atoms with Crippen LogP contribution in [0.1, 0.15) is 30.2 Å². The van der Waals surface area contributed by atoms with E-state index in [0.717, 1.165) is 10.2 Å². The van der Waals surface area contributed by atoms with Crippen molar-refractivity contribution in [2.24, 2.45) is 0 Å². The number of amides is 1. The van der Waals surface area contributed by atoms with Crippen LogP contribution in [0, 0.1) is 0 Å². The van der Waals surface area contributed by atoms with Gasteiger partial charge in [-0.1, -0.05) is 41.9 Å². The molecule has 0 saturated carbocycles. The average molecular weight is 554 g/mol. The zero-order chi connectivity index (χ0) is 28.4. The second-order valence-electron chi connectivity index (χ2n) is 9.09. The number of benzene rings is 3. The number of hydrogen-bond acceptors (Lipinski definition) is 7. The van der Waals surface area contributed by atoms with Crippen LogP contribution in [0.4, 0.5) is 5.69 Å². The Kier molecular flexibility index (Phi) is 7.39. The number of Topliss-reactive ketones (excluding diaryl/α,β-unsaturated/α-hetero) is 1. The maximum absolute atomic E-state index is 13.2. The zero-order valence-electron chi connectivity index (χ0n) is 21.9. The molecule has 0 spiro atoms. The van der Waals surface area contributed by atoms with Gasteiger partial charge in [-0.05, 0) is 55.8 Å². The number of ether oxygens (including phenoxy) is 1. The van der Waals surface area contributed by atoms with Crippen LogP contribution in [0.2, 0.25) is 5.02 Å². The number of fused-ring (bicyclic) bond motifs is 1. The third-order valence-electron chi connectivity index (χ3n) is 6.39. The molecular formula is C30H24ClN5O4. The fourth-order valence-corrected chi connectivity index (χ4v) is 4.49. The highest BCUT2D eigenvalue weighted by atomic mass is 35.5. The van der Waals surface area contributed by atoms with Crippen molar-refractivity contribution < 1.29 is 14.3 Å². The Morgan fingerprint density at radius 3 is 2.48 bits per heavy atom. The lowest BCUT2D eigenvalue weighted by Crippen LogP contribution is -2.33. The summed E-state index contributed by atoms with van der Waals surface area (Å²) in [6.45, 7) is 2.97. The van der Waals surface area contributed by atoms with E-state index in [4.69, 9.17) is 16.3 Å². The number of aromatic nitrogens is 4. The van der Waals surface area contributed by atoms with E-state index < -0.39 is 17.5 Å². The predicted molar refractivity (Wildman–Crippen MR) is 154 cm³/mol. The SMILES string of the molecule is COc1nn([C@@H](C)C(=O)Nc2ccc3ncc(-c4ccccc4)nc3c2)c(=O)cc1-c1cc(Cl)ccc1C(C)=O. The van der Waals surface area contributed by atoms with Gasteiger partial charge in [0.2, 0.25) is 11.8 Å². The van der Waals surface area contributed by atoms with Crippen LogP contribution >= 0.6 is 11.6 Å². The Bertz CT molecular complexity index is 1820. The summed E-state index contributed by atoms with van der Waals surface area (Å²) in [5.41, 5.74) is 3.93. The first kappa shape index (κ1) is 26.7. The van der Waals surface area contributed by atoms with Crippen LogP contribution in [0.25, 0.3) is 33.4 Å². The Morgan fingerprint density at radius 2 is 1.75 bits per heavy atom. The minimum Gasteiger partial charge on any atom is -0.480 e. The van der Waals surface area contributed by atoms with Crippen molar-refractivity contribution in [3.8, 4) is 28.3 Å². The number of carbonyl (C=O) groups is 2. The molecule has 10 heteroatoms. The largest absolute Gasteiger partial charge is 0.480 e. The topological polar surface area (TPSA) is 116 Å². The van der Waals surface area contributed by atoms with Crippen molar-refractivity contribution in [2.75, 3.05) is 12.4 Å². The van der Waals surface area contributed by atoms with Gasteiger partial charge < -0.3 is 10.1 Å². The Morgan fingerprint density at radius 1 is 0.975 bits per heavy atom. The summed E-state index contributed by atoms with van der Waals surface area (Å²) in [5.74, 6) is -0.608. The molecular weight excluding hydrogens is 530 g/mol. The first-order chi connectivity index (χ1) is 19.2. The number of ketones is 1. The van der Waals surface area contributed by atoms with E-state index in [9.17, 15) is 14.4 Å². The van der Waals surface area contributed by atoms with Crippen molar-refractivity contribution in [3.05, 3.63) is 99.9 Å². The third-order valence-corrected chi connectivity index (χ3v) is 6.63. The second kappa shape index (κ2) is 11.1. The summed E-state index contributed by atoms with van der Waals surface area (Å²) in [5, 5.41) is 7.51. The maximum Gasteiger partial charge on any atom is 0.268 e. The fourth-order valence-electron chi connectivity index (χ4n) is 4.31. The molecule has 1 atom stereocenters. The van der Waals surface area contributed by atoms with E-state index >= 15 is 0 Å². The van der Waals surface area contributed by atoms with E-state index in [0.29, 0.717) is 44.1 Å². The number of nitrogens with zero attached hydrogens (tertiary/aromatic N) is 4. The molecule has 1 amide bonds. The van der Waals surface area contributed by atoms with Gasteiger partial charge in [0, 0.05) is 27.9 Å². The van der Waals surface area contributed by atoms with Crippen molar-refractivity contribution in [1.29, 1.82) is 0 Å². The van der Waals surface area contributed by atoms with Crippen LogP contribution in [0.15, 0.2) is 83.8 Å². The highest BCUT2D eigenvalue weighted by Crippen LogP contribution is 2.32. The molecule has 5 aromatic rings. The number of nitrogens with one attached hydrogen (secondary N) is 1. The lowest BCUT2D eigenvalue weighted by Gasteiger charge is -2.17. The van der Waals surface area contributed by atoms with E-state index in [2.05, 4.69) is 20.4 Å². The van der Waals surface area contributed by atoms with Crippen LogP contribution in [0.5, 0.6) is 5.88 Å². The lowest BCUT2D eigenvalue weighted by molar-refractivity contribution is -0.119. The molecule has 0 aliphatic rings. The Labute approximate surface area is 234 Å². The smallest absolute Gasteiger partial charge is 0.268 e. The summed E-state index contributed by atoms with van der Waals surface area (Å²) >= 11 is 6.17. The zero-order valence-corrected chi connectivity index (χ0v) is 22.6. The maximum atomic E-state index is 13.2. The molecule has 0 fully saturated rings. The molecule has 5 rings (SSSR count). The molecule has 0 unspecified atom stereocenters. The van der Waals surface area contributed by atoms with Crippen LogP contribution in [0.3, 0.4) is 0 Å². The highest BCUT2D eigenvalue weighted by Gasteiger charge is 2.23. The molecule has 200 valence electrons. The number of carbonyl (C=O) groups excluding carboxylic acids is 2. The first-order valence-electron chi connectivity index (χ1n) is 12.4. The molecule has 0 saturated heterocycles. The standard InChI is InChI=1S/C30H24ClN5O4/c1-17(36-28(38)15-24(30(35-36)40-3)23-13-20(31)9-11-22(23)18(2)37)29(39)33-21-10-12-25-26(14-21)34-27(16-32-25)19-7-5-4-6-8-19/h4-17H,1-3H3,(H,33,39)/t17-/m0/s1. The molecule has 9 nitrogen and oxygen atoms in total. The predicted octanol–water partition coefficient (Wildman–Crippen LogP) is 5.58. The molecule has 0 aliphatic carbocycles. The molecule has 1 N–H and O–H groups in total. The molecule has 2 heterocycles. The number of methoxy groups -OCH3 is 1. The number of anilines is 1. The lowest BCUT2D eigenvalue weighted by atomic mass is 9.98. The molecule has 0 aliphatic heterocycles. The van der Waals surface area contributed by atoms with Gasteiger partial charge >= 0.3 is 0 Å². The van der Waals surface area contributed by atoms with Crippen molar-refractivity contribution in [3.63, 3.8) is 0 Å². The van der Waals surface area contributed by atoms with Crippen molar-refractivity contribution in [2.45, 2.75) is 19.9 Å². The van der Waals surface area contributed by atoms with Crippen LogP contribution < -0.4 is 15.6 Å². The number of hydrogen-bond donors (Lipinski definition) is 1. The van der Waals surface area contributed by atoms with Crippen LogP contribution in [-0.2, 0) is 4.79 Å². The summed E-state index contributed by atoms with van der Waals surface area (Å²) in [4.78, 5) is 47.7. The van der Waals surface area contributed by atoms with Gasteiger partial charge in [-0.2, -0.15) is 0 Å². The molecule has 3 aromatic carbocycles. The fraction of sp³-hybridized carbons (Fsp3) is 0.133. The summed E-state index contributed by atoms with van der Waals surface area (Å²) in [7, 11) is 1.39. The molecule has 0 bridgehead atoms. The highest BCUT2D eigenvalue weighted by molar-refractivity contribution is 6.31. The van der Waals surface area contributed by atoms with E-state index in [1.807, 2.05) is 30.3 Å². The van der Waals surface area contributed by atoms with Crippen molar-refractivity contribution in [1.82, 2.24) is 19.7 Å². The van der Waals surface area contributed by atoms with Gasteiger partial charge in [-0.25, -0.2) is 9.67 Å². The first-order valence-corrected chi connectivity index (χ1v) is 12.7. The van der Waals surface area contributed by atoms with E-state index in [1.54, 1.807) is 49.5 Å². The molecule has 2 aromatic heterocycles. The number of halogens is 1. The Balaban J connectivity index is 1.44. The Hall–Kier alpha value is -4.89. The summed E-state index contributed by atoms with van der Waals surface area (Å²) < 4.78 is 6.47. The minimum atomic E-state index is -0.987.